The molecule has 0 saturated heterocycles. The fraction of sp³-hybridized carbons (Fsp3) is 0.600. The van der Waals surface area contributed by atoms with Crippen molar-refractivity contribution in [2.45, 2.75) is 19.4 Å². The fourth-order valence-electron chi connectivity index (χ4n) is 2.76. The van der Waals surface area contributed by atoms with E-state index in [0.717, 1.165) is 37.4 Å². The number of fused-ring (bicyclic) bond motifs is 1. The highest BCUT2D eigenvalue weighted by atomic mass is 19.1. The molecule has 1 aliphatic heterocycles. The molecule has 0 amide bonds. The highest BCUT2D eigenvalue weighted by molar-refractivity contribution is 5.37. The molecule has 106 valence electrons. The third-order valence-electron chi connectivity index (χ3n) is 3.45. The van der Waals surface area contributed by atoms with Crippen molar-refractivity contribution in [3.8, 4) is 5.75 Å². The van der Waals surface area contributed by atoms with E-state index >= 15 is 0 Å². The first-order valence-corrected chi connectivity index (χ1v) is 6.86. The van der Waals surface area contributed by atoms with Gasteiger partial charge in [0, 0.05) is 25.1 Å². The molecule has 0 aromatic heterocycles. The predicted molar refractivity (Wildman–Crippen MR) is 75.1 cm³/mol. The number of likely N-dealkylation sites (N-methyl/N-ethyl adjacent to an activating group) is 1. The van der Waals surface area contributed by atoms with Crippen LogP contribution in [0.2, 0.25) is 0 Å². The summed E-state index contributed by atoms with van der Waals surface area (Å²) in [6, 6.07) is 4.77. The van der Waals surface area contributed by atoms with Crippen LogP contribution in [0.25, 0.3) is 0 Å². The van der Waals surface area contributed by atoms with Crippen molar-refractivity contribution in [1.29, 1.82) is 0 Å². The summed E-state index contributed by atoms with van der Waals surface area (Å²) in [6.45, 7) is 5.16. The Morgan fingerprint density at radius 3 is 3.05 bits per heavy atom. The Bertz CT molecular complexity index is 425. The van der Waals surface area contributed by atoms with Gasteiger partial charge >= 0.3 is 0 Å². The van der Waals surface area contributed by atoms with Crippen molar-refractivity contribution in [3.63, 3.8) is 0 Å². The summed E-state index contributed by atoms with van der Waals surface area (Å²) in [5.41, 5.74) is 0.988. The summed E-state index contributed by atoms with van der Waals surface area (Å²) in [5, 5.41) is 3.19. The molecule has 4 heteroatoms. The Morgan fingerprint density at radius 1 is 1.53 bits per heavy atom. The predicted octanol–water partition coefficient (Wildman–Crippen LogP) is 1.92. The van der Waals surface area contributed by atoms with E-state index in [1.165, 1.54) is 6.07 Å². The minimum atomic E-state index is -0.181. The lowest BCUT2D eigenvalue weighted by molar-refractivity contribution is 0.158. The van der Waals surface area contributed by atoms with Crippen LogP contribution in [0.15, 0.2) is 18.2 Å². The molecular formula is C15H23FN2O. The van der Waals surface area contributed by atoms with E-state index in [1.807, 2.05) is 7.05 Å². The molecule has 1 heterocycles. The van der Waals surface area contributed by atoms with Gasteiger partial charge in [-0.3, -0.25) is 0 Å². The van der Waals surface area contributed by atoms with Crippen molar-refractivity contribution in [1.82, 2.24) is 10.2 Å². The molecule has 2 atom stereocenters. The van der Waals surface area contributed by atoms with Gasteiger partial charge in [0.1, 0.15) is 17.7 Å². The zero-order valence-corrected chi connectivity index (χ0v) is 11.9. The van der Waals surface area contributed by atoms with Crippen molar-refractivity contribution in [2.75, 3.05) is 33.7 Å². The Hall–Kier alpha value is -1.13. The monoisotopic (exact) mass is 266 g/mol. The topological polar surface area (TPSA) is 24.5 Å². The highest BCUT2D eigenvalue weighted by Crippen LogP contribution is 2.29. The van der Waals surface area contributed by atoms with E-state index in [-0.39, 0.29) is 11.9 Å². The lowest BCUT2D eigenvalue weighted by atomic mass is 10.1. The quantitative estimate of drug-likeness (QED) is 0.851. The number of nitrogens with one attached hydrogen (secondary N) is 1. The summed E-state index contributed by atoms with van der Waals surface area (Å²) in [5.74, 6) is 1.26. The Morgan fingerprint density at radius 2 is 2.32 bits per heavy atom. The van der Waals surface area contributed by atoms with Crippen molar-refractivity contribution in [2.24, 2.45) is 5.92 Å². The standard InChI is InChI=1S/C15H23FN2O/c1-11(8-17-2)9-18(3)10-14-7-12-6-13(16)4-5-15(12)19-14/h4-6,11,14,17H,7-10H2,1-3H3. The smallest absolute Gasteiger partial charge is 0.123 e. The number of hydrogen-bond acceptors (Lipinski definition) is 3. The summed E-state index contributed by atoms with van der Waals surface area (Å²) < 4.78 is 19.0. The fourth-order valence-corrected chi connectivity index (χ4v) is 2.76. The van der Waals surface area contributed by atoms with Crippen LogP contribution in [0.3, 0.4) is 0 Å². The first-order valence-electron chi connectivity index (χ1n) is 6.86. The maximum absolute atomic E-state index is 13.1. The van der Waals surface area contributed by atoms with Gasteiger partial charge in [-0.1, -0.05) is 6.92 Å². The molecule has 3 nitrogen and oxygen atoms in total. The largest absolute Gasteiger partial charge is 0.488 e. The summed E-state index contributed by atoms with van der Waals surface area (Å²) in [4.78, 5) is 2.29. The second-order valence-electron chi connectivity index (χ2n) is 5.58. The first kappa shape index (κ1) is 14.3. The number of nitrogens with zero attached hydrogens (tertiary/aromatic N) is 1. The molecule has 0 fully saturated rings. The van der Waals surface area contributed by atoms with Crippen LogP contribution in [-0.4, -0.2) is 44.7 Å². The zero-order valence-electron chi connectivity index (χ0n) is 11.9. The first-order chi connectivity index (χ1) is 9.08. The molecule has 1 aromatic rings. The van der Waals surface area contributed by atoms with Crippen LogP contribution >= 0.6 is 0 Å². The molecule has 0 aliphatic carbocycles. The third-order valence-corrected chi connectivity index (χ3v) is 3.45. The highest BCUT2D eigenvalue weighted by Gasteiger charge is 2.24. The molecule has 1 N–H and O–H groups in total. The number of benzene rings is 1. The van der Waals surface area contributed by atoms with Crippen molar-refractivity contribution in [3.05, 3.63) is 29.6 Å². The van der Waals surface area contributed by atoms with Gasteiger partial charge in [-0.05, 0) is 44.8 Å². The Kier molecular flexibility index (Phi) is 4.77. The summed E-state index contributed by atoms with van der Waals surface area (Å²) >= 11 is 0. The molecule has 0 saturated carbocycles. The number of rotatable bonds is 6. The van der Waals surface area contributed by atoms with E-state index in [2.05, 4.69) is 24.2 Å². The molecule has 0 radical (unpaired) electrons. The van der Waals surface area contributed by atoms with Crippen LogP contribution in [0, 0.1) is 11.7 Å². The van der Waals surface area contributed by atoms with E-state index in [4.69, 9.17) is 4.74 Å². The van der Waals surface area contributed by atoms with Gasteiger partial charge < -0.3 is 15.0 Å². The summed E-state index contributed by atoms with van der Waals surface area (Å²) in [6.07, 6.45) is 0.946. The average molecular weight is 266 g/mol. The minimum Gasteiger partial charge on any atom is -0.488 e. The van der Waals surface area contributed by atoms with Crippen LogP contribution in [0.5, 0.6) is 5.75 Å². The SMILES string of the molecule is CNCC(C)CN(C)CC1Cc2cc(F)ccc2O1. The minimum absolute atomic E-state index is 0.142. The van der Waals surface area contributed by atoms with Crippen LogP contribution in [0.1, 0.15) is 12.5 Å². The van der Waals surface area contributed by atoms with Gasteiger partial charge in [-0.15, -0.1) is 0 Å². The molecule has 2 rings (SSSR count). The molecular weight excluding hydrogens is 243 g/mol. The molecule has 0 spiro atoms. The second kappa shape index (κ2) is 6.35. The normalized spacial score (nSPS) is 19.3. The lowest BCUT2D eigenvalue weighted by Crippen LogP contribution is -2.36. The van der Waals surface area contributed by atoms with E-state index in [0.29, 0.717) is 5.92 Å². The van der Waals surface area contributed by atoms with E-state index in [1.54, 1.807) is 12.1 Å². The van der Waals surface area contributed by atoms with Crippen LogP contribution in [0.4, 0.5) is 4.39 Å². The lowest BCUT2D eigenvalue weighted by Gasteiger charge is -2.23. The maximum atomic E-state index is 13.1. The Balaban J connectivity index is 1.83. The van der Waals surface area contributed by atoms with Crippen molar-refractivity contribution < 1.29 is 9.13 Å². The van der Waals surface area contributed by atoms with Gasteiger partial charge in [0.15, 0.2) is 0 Å². The average Bonchev–Trinajstić information content (AvgIpc) is 2.70. The van der Waals surface area contributed by atoms with Crippen molar-refractivity contribution >= 4 is 0 Å². The zero-order chi connectivity index (χ0) is 13.8. The van der Waals surface area contributed by atoms with Gasteiger partial charge in [0.2, 0.25) is 0 Å². The second-order valence-corrected chi connectivity index (χ2v) is 5.58. The van der Waals surface area contributed by atoms with Gasteiger partial charge in [-0.25, -0.2) is 4.39 Å². The van der Waals surface area contributed by atoms with Gasteiger partial charge in [-0.2, -0.15) is 0 Å². The number of hydrogen-bond donors (Lipinski definition) is 1. The molecule has 2 unspecified atom stereocenters. The molecule has 1 aromatic carbocycles. The Labute approximate surface area is 114 Å². The van der Waals surface area contributed by atoms with Crippen LogP contribution in [-0.2, 0) is 6.42 Å². The van der Waals surface area contributed by atoms with E-state index in [9.17, 15) is 4.39 Å². The van der Waals surface area contributed by atoms with E-state index < -0.39 is 0 Å². The molecule has 0 bridgehead atoms. The summed E-state index contributed by atoms with van der Waals surface area (Å²) in [7, 11) is 4.08. The molecule has 19 heavy (non-hydrogen) atoms. The molecule has 1 aliphatic rings. The van der Waals surface area contributed by atoms with Crippen LogP contribution < -0.4 is 10.1 Å². The maximum Gasteiger partial charge on any atom is 0.123 e. The van der Waals surface area contributed by atoms with Gasteiger partial charge in [0.25, 0.3) is 0 Å². The van der Waals surface area contributed by atoms with Gasteiger partial charge in [0.05, 0.1) is 0 Å². The number of ether oxygens (including phenoxy) is 1. The number of halogens is 1. The third kappa shape index (κ3) is 3.91.